The third kappa shape index (κ3) is 2.89. The zero-order valence-corrected chi connectivity index (χ0v) is 14.4. The van der Waals surface area contributed by atoms with E-state index in [9.17, 15) is 4.79 Å². The third-order valence-electron chi connectivity index (χ3n) is 4.60. The Morgan fingerprint density at radius 2 is 2.21 bits per heavy atom. The first-order valence-electron chi connectivity index (χ1n) is 8.18. The highest BCUT2D eigenvalue weighted by Gasteiger charge is 2.26. The zero-order valence-electron chi connectivity index (χ0n) is 13.6. The van der Waals surface area contributed by atoms with Crippen LogP contribution < -0.4 is 4.90 Å². The van der Waals surface area contributed by atoms with Crippen LogP contribution in [0.15, 0.2) is 48.1 Å². The molecule has 0 bridgehead atoms. The SMILES string of the molecule is CN(C[C@H]1CCN(c2ccccc2)C1)C(=O)c1cn2ccsc2n1. The summed E-state index contributed by atoms with van der Waals surface area (Å²) in [5.41, 5.74) is 1.80. The van der Waals surface area contributed by atoms with Gasteiger partial charge in [0.1, 0.15) is 5.69 Å². The fourth-order valence-corrected chi connectivity index (χ4v) is 4.05. The Balaban J connectivity index is 1.38. The van der Waals surface area contributed by atoms with E-state index in [0.29, 0.717) is 11.6 Å². The van der Waals surface area contributed by atoms with Gasteiger partial charge in [0.15, 0.2) is 4.96 Å². The minimum absolute atomic E-state index is 0.00376. The molecule has 0 N–H and O–H groups in total. The quantitative estimate of drug-likeness (QED) is 0.733. The number of thiazole rings is 1. The highest BCUT2D eigenvalue weighted by molar-refractivity contribution is 7.15. The molecular formula is C18H20N4OS. The molecule has 6 heteroatoms. The molecule has 4 rings (SSSR count). The summed E-state index contributed by atoms with van der Waals surface area (Å²) in [6.07, 6.45) is 4.86. The number of imidazole rings is 1. The topological polar surface area (TPSA) is 40.9 Å². The van der Waals surface area contributed by atoms with Gasteiger partial charge >= 0.3 is 0 Å². The molecule has 3 heterocycles. The number of hydrogen-bond acceptors (Lipinski definition) is 4. The van der Waals surface area contributed by atoms with Crippen LogP contribution in [0.2, 0.25) is 0 Å². The highest BCUT2D eigenvalue weighted by atomic mass is 32.1. The Bertz CT molecular complexity index is 812. The number of amides is 1. The molecule has 3 aromatic rings. The van der Waals surface area contributed by atoms with Crippen LogP contribution in [0, 0.1) is 5.92 Å². The van der Waals surface area contributed by atoms with E-state index in [0.717, 1.165) is 31.0 Å². The van der Waals surface area contributed by atoms with E-state index in [1.54, 1.807) is 11.3 Å². The molecule has 124 valence electrons. The zero-order chi connectivity index (χ0) is 16.5. The van der Waals surface area contributed by atoms with Crippen molar-refractivity contribution >= 4 is 27.9 Å². The van der Waals surface area contributed by atoms with Crippen molar-refractivity contribution in [1.29, 1.82) is 0 Å². The van der Waals surface area contributed by atoms with Crippen LogP contribution in [0.5, 0.6) is 0 Å². The van der Waals surface area contributed by atoms with Gasteiger partial charge < -0.3 is 9.80 Å². The summed E-state index contributed by atoms with van der Waals surface area (Å²) in [5.74, 6) is 0.506. The summed E-state index contributed by atoms with van der Waals surface area (Å²) in [6.45, 7) is 2.82. The van der Waals surface area contributed by atoms with Gasteiger partial charge in [-0.2, -0.15) is 0 Å². The Hall–Kier alpha value is -2.34. The van der Waals surface area contributed by atoms with E-state index < -0.39 is 0 Å². The number of carbonyl (C=O) groups excluding carboxylic acids is 1. The number of para-hydroxylation sites is 1. The average molecular weight is 340 g/mol. The van der Waals surface area contributed by atoms with Crippen molar-refractivity contribution in [2.75, 3.05) is 31.6 Å². The lowest BCUT2D eigenvalue weighted by Crippen LogP contribution is -2.33. The van der Waals surface area contributed by atoms with Gasteiger partial charge in [0.25, 0.3) is 5.91 Å². The summed E-state index contributed by atoms with van der Waals surface area (Å²) >= 11 is 1.54. The number of rotatable bonds is 4. The number of aromatic nitrogens is 2. The van der Waals surface area contributed by atoms with Crippen LogP contribution in [0.1, 0.15) is 16.9 Å². The minimum Gasteiger partial charge on any atom is -0.371 e. The van der Waals surface area contributed by atoms with Crippen LogP contribution >= 0.6 is 11.3 Å². The van der Waals surface area contributed by atoms with E-state index in [4.69, 9.17) is 0 Å². The smallest absolute Gasteiger partial charge is 0.273 e. The average Bonchev–Trinajstić information content (AvgIpc) is 3.30. The van der Waals surface area contributed by atoms with Crippen molar-refractivity contribution in [3.05, 3.63) is 53.8 Å². The molecule has 1 aliphatic heterocycles. The summed E-state index contributed by atoms with van der Waals surface area (Å²) in [4.78, 5) is 22.1. The Kier molecular flexibility index (Phi) is 3.98. The van der Waals surface area contributed by atoms with E-state index in [1.165, 1.54) is 5.69 Å². The van der Waals surface area contributed by atoms with Crippen molar-refractivity contribution < 1.29 is 4.79 Å². The molecule has 1 amide bonds. The maximum Gasteiger partial charge on any atom is 0.273 e. The molecule has 1 aromatic carbocycles. The van der Waals surface area contributed by atoms with Crippen molar-refractivity contribution in [2.45, 2.75) is 6.42 Å². The van der Waals surface area contributed by atoms with Crippen LogP contribution in [0.4, 0.5) is 5.69 Å². The largest absolute Gasteiger partial charge is 0.371 e. The normalized spacial score (nSPS) is 17.5. The van der Waals surface area contributed by atoms with Gasteiger partial charge in [0, 0.05) is 50.1 Å². The van der Waals surface area contributed by atoms with Crippen LogP contribution in [0.25, 0.3) is 4.96 Å². The molecule has 1 aliphatic rings. The summed E-state index contributed by atoms with van der Waals surface area (Å²) in [6, 6.07) is 10.5. The summed E-state index contributed by atoms with van der Waals surface area (Å²) < 4.78 is 1.90. The van der Waals surface area contributed by atoms with Gasteiger partial charge in [-0.15, -0.1) is 11.3 Å². The molecule has 1 fully saturated rings. The summed E-state index contributed by atoms with van der Waals surface area (Å²) in [5, 5.41) is 1.97. The van der Waals surface area contributed by atoms with Crippen LogP contribution in [-0.4, -0.2) is 46.9 Å². The minimum atomic E-state index is 0.00376. The maximum atomic E-state index is 12.6. The van der Waals surface area contributed by atoms with E-state index in [2.05, 4.69) is 34.1 Å². The number of benzene rings is 1. The molecule has 0 spiro atoms. The monoisotopic (exact) mass is 340 g/mol. The lowest BCUT2D eigenvalue weighted by Gasteiger charge is -2.22. The van der Waals surface area contributed by atoms with E-state index in [1.807, 2.05) is 40.2 Å². The fraction of sp³-hybridized carbons (Fsp3) is 0.333. The molecule has 0 saturated carbocycles. The van der Waals surface area contributed by atoms with Crippen LogP contribution in [0.3, 0.4) is 0 Å². The second-order valence-electron chi connectivity index (χ2n) is 6.34. The number of nitrogens with zero attached hydrogens (tertiary/aromatic N) is 4. The molecule has 0 unspecified atom stereocenters. The molecule has 2 aromatic heterocycles. The Labute approximate surface area is 145 Å². The van der Waals surface area contributed by atoms with Gasteiger partial charge in [-0.1, -0.05) is 18.2 Å². The Morgan fingerprint density at radius 1 is 1.38 bits per heavy atom. The molecular weight excluding hydrogens is 320 g/mol. The molecule has 5 nitrogen and oxygen atoms in total. The third-order valence-corrected chi connectivity index (χ3v) is 5.37. The van der Waals surface area contributed by atoms with Gasteiger partial charge in [-0.3, -0.25) is 9.20 Å². The van der Waals surface area contributed by atoms with Crippen molar-refractivity contribution in [2.24, 2.45) is 5.92 Å². The molecule has 0 aliphatic carbocycles. The lowest BCUT2D eigenvalue weighted by atomic mass is 10.1. The predicted molar refractivity (Wildman–Crippen MR) is 96.8 cm³/mol. The molecule has 24 heavy (non-hydrogen) atoms. The lowest BCUT2D eigenvalue weighted by molar-refractivity contribution is 0.0771. The van der Waals surface area contributed by atoms with Gasteiger partial charge in [0.05, 0.1) is 0 Å². The maximum absolute atomic E-state index is 12.6. The first-order chi connectivity index (χ1) is 11.7. The number of hydrogen-bond donors (Lipinski definition) is 0. The van der Waals surface area contributed by atoms with Crippen molar-refractivity contribution in [3.8, 4) is 0 Å². The number of fused-ring (bicyclic) bond motifs is 1. The first-order valence-corrected chi connectivity index (χ1v) is 9.06. The van der Waals surface area contributed by atoms with Crippen LogP contribution in [-0.2, 0) is 0 Å². The number of carbonyl (C=O) groups is 1. The molecule has 1 saturated heterocycles. The predicted octanol–water partition coefficient (Wildman–Crippen LogP) is 2.99. The van der Waals surface area contributed by atoms with Gasteiger partial charge in [-0.05, 0) is 24.5 Å². The fourth-order valence-electron chi connectivity index (χ4n) is 3.35. The highest BCUT2D eigenvalue weighted by Crippen LogP contribution is 2.24. The van der Waals surface area contributed by atoms with E-state index >= 15 is 0 Å². The second-order valence-corrected chi connectivity index (χ2v) is 7.21. The van der Waals surface area contributed by atoms with E-state index in [-0.39, 0.29) is 5.91 Å². The molecule has 1 atom stereocenters. The standard InChI is InChI=1S/C18H20N4OS/c1-20(17(23)16-13-22-9-10-24-18(22)19-16)11-14-7-8-21(12-14)15-5-3-2-4-6-15/h2-6,9-10,13-14H,7-8,11-12H2,1H3/t14-/m1/s1. The Morgan fingerprint density at radius 3 is 3.00 bits per heavy atom. The first kappa shape index (κ1) is 15.2. The second kappa shape index (κ2) is 6.28. The molecule has 0 radical (unpaired) electrons. The van der Waals surface area contributed by atoms with Gasteiger partial charge in [0.2, 0.25) is 0 Å². The number of anilines is 1. The van der Waals surface area contributed by atoms with Crippen molar-refractivity contribution in [3.63, 3.8) is 0 Å². The van der Waals surface area contributed by atoms with Gasteiger partial charge in [-0.25, -0.2) is 4.98 Å². The summed E-state index contributed by atoms with van der Waals surface area (Å²) in [7, 11) is 1.88. The van der Waals surface area contributed by atoms with Crippen molar-refractivity contribution in [1.82, 2.24) is 14.3 Å².